The standard InChI is InChI=1S/C19H25N5S/c1-13(2)11-20-19(25)23-18-21-14(3)10-17(22-18)24-9-8-15-6-4-5-7-16(15)12-24/h4-7,10,13H,8-9,11-12H2,1-3H3,(H2,20,21,22,23,25). The lowest BCUT2D eigenvalue weighted by atomic mass is 10.00. The second-order valence-corrected chi connectivity index (χ2v) is 7.27. The Labute approximate surface area is 154 Å². The van der Waals surface area contributed by atoms with E-state index in [9.17, 15) is 0 Å². The van der Waals surface area contributed by atoms with Gasteiger partial charge in [0.2, 0.25) is 5.95 Å². The number of benzene rings is 1. The van der Waals surface area contributed by atoms with E-state index in [-0.39, 0.29) is 0 Å². The van der Waals surface area contributed by atoms with Crippen molar-refractivity contribution in [2.75, 3.05) is 23.3 Å². The van der Waals surface area contributed by atoms with Crippen molar-refractivity contribution >= 4 is 29.1 Å². The van der Waals surface area contributed by atoms with Crippen LogP contribution in [-0.2, 0) is 13.0 Å². The number of fused-ring (bicyclic) bond motifs is 1. The van der Waals surface area contributed by atoms with Crippen molar-refractivity contribution in [3.05, 3.63) is 47.2 Å². The predicted molar refractivity (Wildman–Crippen MR) is 107 cm³/mol. The van der Waals surface area contributed by atoms with Gasteiger partial charge in [-0.3, -0.25) is 0 Å². The Hall–Kier alpha value is -2.21. The minimum absolute atomic E-state index is 0.530. The molecular formula is C19H25N5S. The Balaban J connectivity index is 1.73. The number of hydrogen-bond acceptors (Lipinski definition) is 4. The molecule has 0 radical (unpaired) electrons. The van der Waals surface area contributed by atoms with E-state index in [2.05, 4.69) is 63.6 Å². The molecule has 1 aliphatic heterocycles. The van der Waals surface area contributed by atoms with Crippen LogP contribution in [0.1, 0.15) is 30.7 Å². The molecule has 1 aromatic carbocycles. The third kappa shape index (κ3) is 4.66. The highest BCUT2D eigenvalue weighted by Crippen LogP contribution is 2.24. The van der Waals surface area contributed by atoms with Crippen LogP contribution in [0.15, 0.2) is 30.3 Å². The highest BCUT2D eigenvalue weighted by molar-refractivity contribution is 7.80. The molecule has 132 valence electrons. The second-order valence-electron chi connectivity index (χ2n) is 6.86. The third-order valence-electron chi connectivity index (χ3n) is 4.19. The number of aryl methyl sites for hydroxylation is 1. The number of aromatic nitrogens is 2. The third-order valence-corrected chi connectivity index (χ3v) is 4.44. The number of anilines is 2. The zero-order chi connectivity index (χ0) is 17.8. The number of thiocarbonyl (C=S) groups is 1. The van der Waals surface area contributed by atoms with Crippen LogP contribution in [0.3, 0.4) is 0 Å². The maximum absolute atomic E-state index is 5.33. The van der Waals surface area contributed by atoms with Crippen LogP contribution in [0.5, 0.6) is 0 Å². The van der Waals surface area contributed by atoms with Crippen LogP contribution in [0.2, 0.25) is 0 Å². The zero-order valence-electron chi connectivity index (χ0n) is 15.0. The monoisotopic (exact) mass is 355 g/mol. The molecule has 25 heavy (non-hydrogen) atoms. The molecule has 2 heterocycles. The average Bonchev–Trinajstić information content (AvgIpc) is 2.59. The first-order valence-corrected chi connectivity index (χ1v) is 9.14. The van der Waals surface area contributed by atoms with Gasteiger partial charge in [-0.2, -0.15) is 4.98 Å². The van der Waals surface area contributed by atoms with Crippen molar-refractivity contribution in [2.45, 2.75) is 33.7 Å². The van der Waals surface area contributed by atoms with Gasteiger partial charge < -0.3 is 15.5 Å². The topological polar surface area (TPSA) is 53.1 Å². The van der Waals surface area contributed by atoms with E-state index in [4.69, 9.17) is 12.2 Å². The van der Waals surface area contributed by atoms with Crippen LogP contribution >= 0.6 is 12.2 Å². The highest BCUT2D eigenvalue weighted by Gasteiger charge is 2.18. The molecule has 0 saturated heterocycles. The van der Waals surface area contributed by atoms with Crippen LogP contribution in [0.4, 0.5) is 11.8 Å². The van der Waals surface area contributed by atoms with Crippen LogP contribution in [-0.4, -0.2) is 28.2 Å². The van der Waals surface area contributed by atoms with Gasteiger partial charge in [0.15, 0.2) is 5.11 Å². The fourth-order valence-corrected chi connectivity index (χ4v) is 3.08. The molecule has 2 aromatic rings. The quantitative estimate of drug-likeness (QED) is 0.821. The zero-order valence-corrected chi connectivity index (χ0v) is 15.9. The van der Waals surface area contributed by atoms with Gasteiger partial charge in [0.1, 0.15) is 5.82 Å². The molecule has 0 amide bonds. The van der Waals surface area contributed by atoms with Gasteiger partial charge in [0.25, 0.3) is 0 Å². The summed E-state index contributed by atoms with van der Waals surface area (Å²) >= 11 is 5.33. The van der Waals surface area contributed by atoms with Gasteiger partial charge in [-0.1, -0.05) is 38.1 Å². The molecule has 3 rings (SSSR count). The van der Waals surface area contributed by atoms with Crippen LogP contribution in [0, 0.1) is 12.8 Å². The van der Waals surface area contributed by atoms with E-state index in [0.717, 1.165) is 37.6 Å². The Bertz CT molecular complexity index is 759. The smallest absolute Gasteiger partial charge is 0.231 e. The molecule has 6 heteroatoms. The van der Waals surface area contributed by atoms with Gasteiger partial charge in [-0.25, -0.2) is 4.98 Å². The summed E-state index contributed by atoms with van der Waals surface area (Å²) in [5.74, 6) is 2.02. The lowest BCUT2D eigenvalue weighted by Crippen LogP contribution is -2.33. The lowest BCUT2D eigenvalue weighted by Gasteiger charge is -2.30. The summed E-state index contributed by atoms with van der Waals surface area (Å²) in [6, 6.07) is 10.6. The summed E-state index contributed by atoms with van der Waals surface area (Å²) in [5.41, 5.74) is 3.73. The lowest BCUT2D eigenvalue weighted by molar-refractivity contribution is 0.627. The van der Waals surface area contributed by atoms with Crippen LogP contribution in [0.25, 0.3) is 0 Å². The average molecular weight is 356 g/mol. The first-order valence-electron chi connectivity index (χ1n) is 8.73. The van der Waals surface area contributed by atoms with E-state index in [1.807, 2.05) is 13.0 Å². The molecule has 0 unspecified atom stereocenters. The number of nitrogens with one attached hydrogen (secondary N) is 2. The van der Waals surface area contributed by atoms with Gasteiger partial charge in [0, 0.05) is 31.4 Å². The van der Waals surface area contributed by atoms with E-state index < -0.39 is 0 Å². The summed E-state index contributed by atoms with van der Waals surface area (Å²) in [7, 11) is 0. The minimum Gasteiger partial charge on any atom is -0.362 e. The molecule has 0 atom stereocenters. The maximum Gasteiger partial charge on any atom is 0.231 e. The van der Waals surface area contributed by atoms with Gasteiger partial charge in [-0.05, 0) is 42.6 Å². The fourth-order valence-electron chi connectivity index (χ4n) is 2.90. The first kappa shape index (κ1) is 17.6. The van der Waals surface area contributed by atoms with Crippen molar-refractivity contribution in [1.29, 1.82) is 0 Å². The second kappa shape index (κ2) is 7.78. The number of rotatable bonds is 4. The Morgan fingerprint density at radius 1 is 1.24 bits per heavy atom. The summed E-state index contributed by atoms with van der Waals surface area (Å²) in [6.45, 7) is 8.94. The fraction of sp³-hybridized carbons (Fsp3) is 0.421. The normalized spacial score (nSPS) is 13.5. The van der Waals surface area contributed by atoms with Crippen LogP contribution < -0.4 is 15.5 Å². The number of nitrogens with zero attached hydrogens (tertiary/aromatic N) is 3. The van der Waals surface area contributed by atoms with Crippen molar-refractivity contribution in [3.8, 4) is 0 Å². The Morgan fingerprint density at radius 3 is 2.76 bits per heavy atom. The SMILES string of the molecule is Cc1cc(N2CCc3ccccc3C2)nc(NC(=S)NCC(C)C)n1. The van der Waals surface area contributed by atoms with E-state index in [1.165, 1.54) is 11.1 Å². The molecule has 5 nitrogen and oxygen atoms in total. The van der Waals surface area contributed by atoms with Crippen molar-refractivity contribution in [2.24, 2.45) is 5.92 Å². The maximum atomic E-state index is 5.33. The molecule has 0 saturated carbocycles. The number of hydrogen-bond donors (Lipinski definition) is 2. The predicted octanol–water partition coefficient (Wildman–Crippen LogP) is 3.29. The van der Waals surface area contributed by atoms with Gasteiger partial charge in [0.05, 0.1) is 0 Å². The molecule has 0 spiro atoms. The largest absolute Gasteiger partial charge is 0.362 e. The minimum atomic E-state index is 0.530. The molecule has 0 bridgehead atoms. The summed E-state index contributed by atoms with van der Waals surface area (Å²) in [4.78, 5) is 11.4. The van der Waals surface area contributed by atoms with Crippen molar-refractivity contribution in [3.63, 3.8) is 0 Å². The Morgan fingerprint density at radius 2 is 2.00 bits per heavy atom. The van der Waals surface area contributed by atoms with E-state index in [0.29, 0.717) is 17.0 Å². The molecule has 2 N–H and O–H groups in total. The van der Waals surface area contributed by atoms with E-state index >= 15 is 0 Å². The van der Waals surface area contributed by atoms with Gasteiger partial charge in [-0.15, -0.1) is 0 Å². The summed E-state index contributed by atoms with van der Waals surface area (Å²) < 4.78 is 0. The molecule has 0 fully saturated rings. The molecular weight excluding hydrogens is 330 g/mol. The Kier molecular flexibility index (Phi) is 5.48. The highest BCUT2D eigenvalue weighted by atomic mass is 32.1. The van der Waals surface area contributed by atoms with Gasteiger partial charge >= 0.3 is 0 Å². The molecule has 0 aliphatic carbocycles. The van der Waals surface area contributed by atoms with Crippen molar-refractivity contribution < 1.29 is 0 Å². The summed E-state index contributed by atoms with van der Waals surface area (Å²) in [6.07, 6.45) is 1.04. The summed E-state index contributed by atoms with van der Waals surface area (Å²) in [5, 5.41) is 6.86. The molecule has 1 aliphatic rings. The van der Waals surface area contributed by atoms with E-state index in [1.54, 1.807) is 0 Å². The first-order chi connectivity index (χ1) is 12.0. The molecule has 1 aromatic heterocycles. The van der Waals surface area contributed by atoms with Crippen molar-refractivity contribution in [1.82, 2.24) is 15.3 Å².